The number of nitriles is 1. The van der Waals surface area contributed by atoms with Crippen LogP contribution in [0.5, 0.6) is 11.5 Å². The highest BCUT2D eigenvalue weighted by Crippen LogP contribution is 2.35. The Labute approximate surface area is 171 Å². The lowest BCUT2D eigenvalue weighted by Gasteiger charge is -2.14. The molecule has 6 nitrogen and oxygen atoms in total. The first kappa shape index (κ1) is 20.5. The van der Waals surface area contributed by atoms with Crippen LogP contribution >= 0.6 is 22.6 Å². The largest absolute Gasteiger partial charge is 0.490 e. The second-order valence-corrected chi connectivity index (χ2v) is 6.50. The van der Waals surface area contributed by atoms with Crippen LogP contribution in [0.3, 0.4) is 0 Å². The summed E-state index contributed by atoms with van der Waals surface area (Å²) in [6.45, 7) is 6.32. The number of hydrogen-bond acceptors (Lipinski definition) is 5. The average molecular weight is 476 g/mol. The third kappa shape index (κ3) is 5.31. The highest BCUT2D eigenvalue weighted by Gasteiger charge is 2.13. The van der Waals surface area contributed by atoms with E-state index in [0.29, 0.717) is 35.8 Å². The zero-order valence-corrected chi connectivity index (χ0v) is 16.8. The van der Waals surface area contributed by atoms with Crippen molar-refractivity contribution in [2.24, 2.45) is 0 Å². The number of nitrogens with zero attached hydrogens (tertiary/aromatic N) is 2. The minimum atomic E-state index is -0.486. The Bertz CT molecular complexity index is 932. The van der Waals surface area contributed by atoms with Crippen LogP contribution in [0.1, 0.15) is 18.1 Å². The van der Waals surface area contributed by atoms with E-state index in [0.717, 1.165) is 9.13 Å². The highest BCUT2D eigenvalue weighted by molar-refractivity contribution is 14.1. The molecule has 2 aromatic rings. The van der Waals surface area contributed by atoms with Gasteiger partial charge in [0.2, 0.25) is 0 Å². The van der Waals surface area contributed by atoms with Crippen LogP contribution in [0.2, 0.25) is 0 Å². The van der Waals surface area contributed by atoms with Gasteiger partial charge in [0.05, 0.1) is 26.7 Å². The summed E-state index contributed by atoms with van der Waals surface area (Å²) < 4.78 is 12.2. The standard InChI is InChI=1S/C20H17IN2O4/c1-3-8-27-20-18(21)10-14(11-19(20)26-4-2)9-16(13-22)15-6-5-7-17(12-15)23(24)25/h3,5-7,9-12H,1,4,8H2,2H3/b16-9-. The van der Waals surface area contributed by atoms with Crippen molar-refractivity contribution < 1.29 is 14.4 Å². The molecule has 7 heteroatoms. The average Bonchev–Trinajstić information content (AvgIpc) is 2.66. The predicted octanol–water partition coefficient (Wildman–Crippen LogP) is 5.23. The fourth-order valence-electron chi connectivity index (χ4n) is 2.35. The van der Waals surface area contributed by atoms with Gasteiger partial charge in [0.25, 0.3) is 5.69 Å². The number of rotatable bonds is 8. The topological polar surface area (TPSA) is 85.4 Å². The summed E-state index contributed by atoms with van der Waals surface area (Å²) in [7, 11) is 0. The maximum Gasteiger partial charge on any atom is 0.270 e. The molecule has 0 aliphatic rings. The quantitative estimate of drug-likeness (QED) is 0.130. The monoisotopic (exact) mass is 476 g/mol. The maximum atomic E-state index is 11.0. The Morgan fingerprint density at radius 2 is 2.15 bits per heavy atom. The number of nitro benzene ring substituents is 1. The summed E-state index contributed by atoms with van der Waals surface area (Å²) in [4.78, 5) is 10.5. The summed E-state index contributed by atoms with van der Waals surface area (Å²) in [6.07, 6.45) is 3.32. The predicted molar refractivity (Wildman–Crippen MR) is 113 cm³/mol. The molecule has 27 heavy (non-hydrogen) atoms. The fourth-order valence-corrected chi connectivity index (χ4v) is 3.13. The van der Waals surface area contributed by atoms with E-state index in [4.69, 9.17) is 9.47 Å². The number of halogens is 1. The molecule has 0 aliphatic carbocycles. The van der Waals surface area contributed by atoms with Crippen molar-refractivity contribution in [3.05, 3.63) is 73.9 Å². The number of hydrogen-bond donors (Lipinski definition) is 0. The van der Waals surface area contributed by atoms with Gasteiger partial charge in [-0.3, -0.25) is 10.1 Å². The fraction of sp³-hybridized carbons (Fsp3) is 0.150. The molecule has 0 heterocycles. The van der Waals surface area contributed by atoms with E-state index in [9.17, 15) is 15.4 Å². The van der Waals surface area contributed by atoms with Crippen molar-refractivity contribution in [2.75, 3.05) is 13.2 Å². The van der Waals surface area contributed by atoms with Crippen molar-refractivity contribution in [1.82, 2.24) is 0 Å². The maximum absolute atomic E-state index is 11.0. The van der Waals surface area contributed by atoms with Gasteiger partial charge >= 0.3 is 0 Å². The molecule has 0 atom stereocenters. The van der Waals surface area contributed by atoms with E-state index in [1.165, 1.54) is 12.1 Å². The molecular formula is C20H17IN2O4. The molecule has 0 aromatic heterocycles. The van der Waals surface area contributed by atoms with Crippen LogP contribution in [-0.4, -0.2) is 18.1 Å². The van der Waals surface area contributed by atoms with Crippen LogP contribution in [0.15, 0.2) is 49.1 Å². The zero-order valence-electron chi connectivity index (χ0n) is 14.6. The molecule has 138 valence electrons. The first-order chi connectivity index (χ1) is 13.0. The summed E-state index contributed by atoms with van der Waals surface area (Å²) >= 11 is 2.14. The Morgan fingerprint density at radius 3 is 2.78 bits per heavy atom. The summed E-state index contributed by atoms with van der Waals surface area (Å²) in [5.41, 5.74) is 1.46. The molecule has 0 radical (unpaired) electrons. The van der Waals surface area contributed by atoms with Crippen LogP contribution < -0.4 is 9.47 Å². The normalized spacial score (nSPS) is 10.8. The lowest BCUT2D eigenvalue weighted by Crippen LogP contribution is -2.01. The number of benzene rings is 2. The molecule has 0 unspecified atom stereocenters. The smallest absolute Gasteiger partial charge is 0.270 e. The zero-order chi connectivity index (χ0) is 19.8. The van der Waals surface area contributed by atoms with Crippen LogP contribution in [0, 0.1) is 25.0 Å². The molecule has 0 saturated carbocycles. The van der Waals surface area contributed by atoms with Crippen molar-refractivity contribution in [3.8, 4) is 17.6 Å². The van der Waals surface area contributed by atoms with E-state index >= 15 is 0 Å². The van der Waals surface area contributed by atoms with Gasteiger partial charge in [0.1, 0.15) is 6.61 Å². The Hall–Kier alpha value is -2.86. The van der Waals surface area contributed by atoms with Crippen molar-refractivity contribution in [2.45, 2.75) is 6.92 Å². The SMILES string of the molecule is C=CCOc1c(I)cc(/C=C(/C#N)c2cccc([N+](=O)[O-])c2)cc1OCC. The molecule has 0 amide bonds. The van der Waals surface area contributed by atoms with Crippen LogP contribution in [0.4, 0.5) is 5.69 Å². The van der Waals surface area contributed by atoms with Crippen LogP contribution in [-0.2, 0) is 0 Å². The van der Waals surface area contributed by atoms with E-state index < -0.39 is 4.92 Å². The molecular weight excluding hydrogens is 459 g/mol. The Balaban J connectivity index is 2.49. The lowest BCUT2D eigenvalue weighted by atomic mass is 10.0. The minimum Gasteiger partial charge on any atom is -0.490 e. The minimum absolute atomic E-state index is 0.0635. The summed E-state index contributed by atoms with van der Waals surface area (Å²) in [5.74, 6) is 1.18. The van der Waals surface area contributed by atoms with E-state index in [1.54, 1.807) is 30.4 Å². The van der Waals surface area contributed by atoms with Crippen LogP contribution in [0.25, 0.3) is 11.6 Å². The van der Waals surface area contributed by atoms with Gasteiger partial charge in [-0.05, 0) is 58.9 Å². The summed E-state index contributed by atoms with van der Waals surface area (Å²) in [6, 6.07) is 11.7. The molecule has 0 aliphatic heterocycles. The molecule has 0 N–H and O–H groups in total. The molecule has 0 spiro atoms. The van der Waals surface area contributed by atoms with Gasteiger partial charge in [0.15, 0.2) is 11.5 Å². The Morgan fingerprint density at radius 1 is 1.37 bits per heavy atom. The number of allylic oxidation sites excluding steroid dienone is 1. The molecule has 2 rings (SSSR count). The molecule has 2 aromatic carbocycles. The van der Waals surface area contributed by atoms with E-state index in [1.807, 2.05) is 13.0 Å². The van der Waals surface area contributed by atoms with E-state index in [2.05, 4.69) is 35.2 Å². The Kier molecular flexibility index (Phi) is 7.37. The second-order valence-electron chi connectivity index (χ2n) is 5.34. The summed E-state index contributed by atoms with van der Waals surface area (Å²) in [5, 5.41) is 20.5. The van der Waals surface area contributed by atoms with Gasteiger partial charge in [-0.2, -0.15) is 5.26 Å². The van der Waals surface area contributed by atoms with Crippen molar-refractivity contribution in [3.63, 3.8) is 0 Å². The molecule has 0 saturated heterocycles. The highest BCUT2D eigenvalue weighted by atomic mass is 127. The van der Waals surface area contributed by atoms with Gasteiger partial charge in [0, 0.05) is 12.1 Å². The third-order valence-electron chi connectivity index (χ3n) is 3.48. The third-order valence-corrected chi connectivity index (χ3v) is 4.28. The second kappa shape index (κ2) is 9.73. The number of nitro groups is 1. The number of non-ortho nitro benzene ring substituents is 1. The van der Waals surface area contributed by atoms with Gasteiger partial charge in [-0.25, -0.2) is 0 Å². The lowest BCUT2D eigenvalue weighted by molar-refractivity contribution is -0.384. The van der Waals surface area contributed by atoms with Crippen molar-refractivity contribution in [1.29, 1.82) is 5.26 Å². The first-order valence-electron chi connectivity index (χ1n) is 8.06. The van der Waals surface area contributed by atoms with Crippen molar-refractivity contribution >= 4 is 39.9 Å². The molecule has 0 fully saturated rings. The number of ether oxygens (including phenoxy) is 2. The first-order valence-corrected chi connectivity index (χ1v) is 9.14. The van der Waals surface area contributed by atoms with Gasteiger partial charge in [-0.1, -0.05) is 24.8 Å². The van der Waals surface area contributed by atoms with Gasteiger partial charge < -0.3 is 9.47 Å². The molecule has 0 bridgehead atoms. The van der Waals surface area contributed by atoms with E-state index in [-0.39, 0.29) is 5.69 Å². The van der Waals surface area contributed by atoms with Gasteiger partial charge in [-0.15, -0.1) is 0 Å².